The molecule has 0 aliphatic carbocycles. The van der Waals surface area contributed by atoms with E-state index in [4.69, 9.17) is 0 Å². The SMILES string of the molecule is CCc1cccc2ccccc12.CN. The van der Waals surface area contributed by atoms with Gasteiger partial charge in [-0.15, -0.1) is 0 Å². The Morgan fingerprint density at radius 3 is 2.29 bits per heavy atom. The van der Waals surface area contributed by atoms with Gasteiger partial charge in [-0.05, 0) is 29.8 Å². The molecule has 0 bridgehead atoms. The van der Waals surface area contributed by atoms with Gasteiger partial charge in [0.25, 0.3) is 0 Å². The molecule has 0 heterocycles. The zero-order valence-corrected chi connectivity index (χ0v) is 8.83. The van der Waals surface area contributed by atoms with Gasteiger partial charge in [-0.3, -0.25) is 0 Å². The summed E-state index contributed by atoms with van der Waals surface area (Å²) in [6.07, 6.45) is 1.11. The molecular weight excluding hydrogens is 170 g/mol. The van der Waals surface area contributed by atoms with Crippen molar-refractivity contribution in [1.82, 2.24) is 0 Å². The van der Waals surface area contributed by atoms with Crippen LogP contribution in [0.25, 0.3) is 10.8 Å². The number of fused-ring (bicyclic) bond motifs is 1. The van der Waals surface area contributed by atoms with Crippen LogP contribution >= 0.6 is 0 Å². The molecule has 0 aliphatic rings. The minimum Gasteiger partial charge on any atom is -0.333 e. The molecule has 2 aromatic rings. The summed E-state index contributed by atoms with van der Waals surface area (Å²) >= 11 is 0. The van der Waals surface area contributed by atoms with Crippen molar-refractivity contribution in [3.8, 4) is 0 Å². The molecule has 0 saturated carbocycles. The van der Waals surface area contributed by atoms with Crippen LogP contribution in [-0.4, -0.2) is 7.05 Å². The molecule has 0 amide bonds. The number of benzene rings is 2. The van der Waals surface area contributed by atoms with Crippen molar-refractivity contribution in [2.24, 2.45) is 5.73 Å². The van der Waals surface area contributed by atoms with Crippen LogP contribution in [0.4, 0.5) is 0 Å². The van der Waals surface area contributed by atoms with Gasteiger partial charge in [-0.1, -0.05) is 49.4 Å². The van der Waals surface area contributed by atoms with Gasteiger partial charge in [0, 0.05) is 0 Å². The molecule has 74 valence electrons. The monoisotopic (exact) mass is 187 g/mol. The Hall–Kier alpha value is -1.34. The number of aryl methyl sites for hydroxylation is 1. The first-order chi connectivity index (χ1) is 6.92. The first-order valence-electron chi connectivity index (χ1n) is 4.96. The van der Waals surface area contributed by atoms with E-state index in [1.165, 1.54) is 23.4 Å². The number of hydrogen-bond acceptors (Lipinski definition) is 1. The van der Waals surface area contributed by atoms with Gasteiger partial charge < -0.3 is 5.73 Å². The Balaban J connectivity index is 0.000000461. The van der Waals surface area contributed by atoms with Crippen LogP contribution in [0, 0.1) is 0 Å². The van der Waals surface area contributed by atoms with Crippen LogP contribution in [-0.2, 0) is 6.42 Å². The molecule has 0 radical (unpaired) electrons. The molecular formula is C13H17N. The Labute approximate surface area is 85.6 Å². The Morgan fingerprint density at radius 2 is 1.57 bits per heavy atom. The largest absolute Gasteiger partial charge is 0.333 e. The molecule has 0 aliphatic heterocycles. The Kier molecular flexibility index (Phi) is 4.14. The van der Waals surface area contributed by atoms with E-state index in [1.807, 2.05) is 0 Å². The van der Waals surface area contributed by atoms with E-state index in [0.29, 0.717) is 0 Å². The van der Waals surface area contributed by atoms with Crippen molar-refractivity contribution < 1.29 is 0 Å². The third-order valence-corrected chi connectivity index (χ3v) is 2.26. The summed E-state index contributed by atoms with van der Waals surface area (Å²) in [5.74, 6) is 0. The highest BCUT2D eigenvalue weighted by molar-refractivity contribution is 5.85. The lowest BCUT2D eigenvalue weighted by Gasteiger charge is -2.02. The van der Waals surface area contributed by atoms with E-state index < -0.39 is 0 Å². The minimum atomic E-state index is 1.11. The Morgan fingerprint density at radius 1 is 0.929 bits per heavy atom. The van der Waals surface area contributed by atoms with Crippen molar-refractivity contribution in [2.75, 3.05) is 7.05 Å². The summed E-state index contributed by atoms with van der Waals surface area (Å²) in [4.78, 5) is 0. The van der Waals surface area contributed by atoms with E-state index in [2.05, 4.69) is 55.1 Å². The smallest absolute Gasteiger partial charge is 0.0152 e. The lowest BCUT2D eigenvalue weighted by Crippen LogP contribution is -1.81. The molecule has 2 aromatic carbocycles. The molecule has 1 heteroatoms. The van der Waals surface area contributed by atoms with Crippen LogP contribution in [0.3, 0.4) is 0 Å². The second-order valence-corrected chi connectivity index (χ2v) is 2.99. The highest BCUT2D eigenvalue weighted by Crippen LogP contribution is 2.18. The lowest BCUT2D eigenvalue weighted by atomic mass is 10.0. The van der Waals surface area contributed by atoms with Crippen LogP contribution in [0.5, 0.6) is 0 Å². The van der Waals surface area contributed by atoms with Crippen molar-refractivity contribution in [2.45, 2.75) is 13.3 Å². The van der Waals surface area contributed by atoms with E-state index in [9.17, 15) is 0 Å². The third-order valence-electron chi connectivity index (χ3n) is 2.26. The molecule has 0 atom stereocenters. The minimum absolute atomic E-state index is 1.11. The molecule has 0 spiro atoms. The number of rotatable bonds is 1. The lowest BCUT2D eigenvalue weighted by molar-refractivity contribution is 1.16. The van der Waals surface area contributed by atoms with Crippen molar-refractivity contribution in [1.29, 1.82) is 0 Å². The van der Waals surface area contributed by atoms with E-state index in [-0.39, 0.29) is 0 Å². The maximum Gasteiger partial charge on any atom is -0.0152 e. The summed E-state index contributed by atoms with van der Waals surface area (Å²) in [6.45, 7) is 2.20. The Bertz CT molecular complexity index is 388. The summed E-state index contributed by atoms with van der Waals surface area (Å²) in [6, 6.07) is 15.0. The molecule has 14 heavy (non-hydrogen) atoms. The fraction of sp³-hybridized carbons (Fsp3) is 0.231. The van der Waals surface area contributed by atoms with E-state index in [1.54, 1.807) is 0 Å². The highest BCUT2D eigenvalue weighted by atomic mass is 14.4. The zero-order chi connectivity index (χ0) is 10.4. The normalized spacial score (nSPS) is 9.36. The van der Waals surface area contributed by atoms with Gasteiger partial charge in [-0.25, -0.2) is 0 Å². The standard InChI is InChI=1S/C12H12.CH5N/c1-2-10-7-5-8-11-6-3-4-9-12(10)11;1-2/h3-9H,2H2,1H3;2H2,1H3. The molecule has 0 aromatic heterocycles. The third kappa shape index (κ3) is 2.12. The topological polar surface area (TPSA) is 26.0 Å². The van der Waals surface area contributed by atoms with E-state index >= 15 is 0 Å². The first kappa shape index (κ1) is 10.7. The number of hydrogen-bond donors (Lipinski definition) is 1. The predicted molar refractivity (Wildman–Crippen MR) is 63.4 cm³/mol. The van der Waals surface area contributed by atoms with Crippen molar-refractivity contribution >= 4 is 10.8 Å². The van der Waals surface area contributed by atoms with Crippen LogP contribution in [0.1, 0.15) is 12.5 Å². The van der Waals surface area contributed by atoms with Crippen molar-refractivity contribution in [3.63, 3.8) is 0 Å². The van der Waals surface area contributed by atoms with E-state index in [0.717, 1.165) is 6.42 Å². The molecule has 1 nitrogen and oxygen atoms in total. The fourth-order valence-corrected chi connectivity index (χ4v) is 1.60. The van der Waals surface area contributed by atoms with Crippen molar-refractivity contribution in [3.05, 3.63) is 48.0 Å². The first-order valence-corrected chi connectivity index (χ1v) is 4.96. The molecule has 2 rings (SSSR count). The zero-order valence-electron chi connectivity index (χ0n) is 8.83. The van der Waals surface area contributed by atoms with Crippen LogP contribution < -0.4 is 5.73 Å². The van der Waals surface area contributed by atoms with Gasteiger partial charge in [0.15, 0.2) is 0 Å². The molecule has 0 unspecified atom stereocenters. The van der Waals surface area contributed by atoms with Gasteiger partial charge in [0.05, 0.1) is 0 Å². The van der Waals surface area contributed by atoms with Gasteiger partial charge in [0.2, 0.25) is 0 Å². The van der Waals surface area contributed by atoms with Gasteiger partial charge >= 0.3 is 0 Å². The maximum atomic E-state index is 4.50. The second kappa shape index (κ2) is 5.40. The van der Waals surface area contributed by atoms with Crippen LogP contribution in [0.15, 0.2) is 42.5 Å². The van der Waals surface area contributed by atoms with Gasteiger partial charge in [-0.2, -0.15) is 0 Å². The molecule has 2 N–H and O–H groups in total. The average Bonchev–Trinajstić information content (AvgIpc) is 2.31. The summed E-state index contributed by atoms with van der Waals surface area (Å²) in [5, 5.41) is 2.74. The summed E-state index contributed by atoms with van der Waals surface area (Å²) in [7, 11) is 1.50. The average molecular weight is 187 g/mol. The fourth-order valence-electron chi connectivity index (χ4n) is 1.60. The second-order valence-electron chi connectivity index (χ2n) is 2.99. The molecule has 0 fully saturated rings. The molecule has 0 saturated heterocycles. The maximum absolute atomic E-state index is 4.50. The predicted octanol–water partition coefficient (Wildman–Crippen LogP) is 2.98. The van der Waals surface area contributed by atoms with Gasteiger partial charge in [0.1, 0.15) is 0 Å². The summed E-state index contributed by atoms with van der Waals surface area (Å²) in [5.41, 5.74) is 5.94. The van der Waals surface area contributed by atoms with Crippen LogP contribution in [0.2, 0.25) is 0 Å². The summed E-state index contributed by atoms with van der Waals surface area (Å²) < 4.78 is 0. The highest BCUT2D eigenvalue weighted by Gasteiger charge is 1.95. The number of nitrogens with two attached hydrogens (primary N) is 1. The quantitative estimate of drug-likeness (QED) is 0.729.